The first kappa shape index (κ1) is 26.5. The number of benzene rings is 1. The highest BCUT2D eigenvalue weighted by Crippen LogP contribution is 2.37. The maximum absolute atomic E-state index is 13.0. The summed E-state index contributed by atoms with van der Waals surface area (Å²) in [4.78, 5) is 43.8. The molecule has 35 heavy (non-hydrogen) atoms. The molecule has 9 nitrogen and oxygen atoms in total. The van der Waals surface area contributed by atoms with Gasteiger partial charge in [-0.1, -0.05) is 41.7 Å². The normalized spacial score (nSPS) is 16.8. The van der Waals surface area contributed by atoms with Crippen molar-refractivity contribution in [3.63, 3.8) is 0 Å². The second kappa shape index (κ2) is 13.1. The molecule has 1 aromatic heterocycles. The van der Waals surface area contributed by atoms with Crippen LogP contribution in [0.2, 0.25) is 0 Å². The number of anilines is 1. The Balaban J connectivity index is 0.000000371. The third kappa shape index (κ3) is 8.27. The fourth-order valence-electron chi connectivity index (χ4n) is 3.93. The number of aromatic nitrogens is 1. The Morgan fingerprint density at radius 1 is 0.971 bits per heavy atom. The van der Waals surface area contributed by atoms with E-state index in [1.54, 1.807) is 11.3 Å². The van der Waals surface area contributed by atoms with Gasteiger partial charge in [-0.25, -0.2) is 14.6 Å². The Bertz CT molecular complexity index is 1020. The number of thiazole rings is 1. The Labute approximate surface area is 209 Å². The van der Waals surface area contributed by atoms with Crippen molar-refractivity contribution in [1.29, 1.82) is 0 Å². The minimum absolute atomic E-state index is 0.250. The van der Waals surface area contributed by atoms with Crippen molar-refractivity contribution in [1.82, 2.24) is 14.8 Å². The van der Waals surface area contributed by atoms with Gasteiger partial charge in [0.15, 0.2) is 0 Å². The van der Waals surface area contributed by atoms with E-state index in [-0.39, 0.29) is 5.91 Å². The fourth-order valence-corrected chi connectivity index (χ4v) is 5.09. The summed E-state index contributed by atoms with van der Waals surface area (Å²) in [5.74, 6) is -2.26. The molecular weight excluding hydrogens is 468 g/mol. The first-order valence-electron chi connectivity index (χ1n) is 11.7. The summed E-state index contributed by atoms with van der Waals surface area (Å²) in [6, 6.07) is 10.3. The maximum Gasteiger partial charge on any atom is 0.328 e. The number of aryl methyl sites for hydroxylation is 1. The van der Waals surface area contributed by atoms with Crippen molar-refractivity contribution < 1.29 is 24.6 Å². The number of rotatable bonds is 6. The van der Waals surface area contributed by atoms with Crippen molar-refractivity contribution >= 4 is 34.2 Å². The summed E-state index contributed by atoms with van der Waals surface area (Å²) in [6.07, 6.45) is 4.85. The van der Waals surface area contributed by atoms with E-state index in [9.17, 15) is 14.4 Å². The molecule has 1 saturated heterocycles. The summed E-state index contributed by atoms with van der Waals surface area (Å²) in [5.41, 5.74) is 2.24. The fraction of sp³-hybridized carbons (Fsp3) is 0.440. The Hall–Kier alpha value is -3.08. The first-order chi connectivity index (χ1) is 16.8. The van der Waals surface area contributed by atoms with Crippen LogP contribution in [0.15, 0.2) is 42.5 Å². The number of aliphatic carboxylic acids is 2. The molecule has 2 aliphatic rings. The SMILES string of the molecule is CN1CCN(CCC(=O)N2CCCCc3nc(-c4ccccc4)sc32)CC1.O=C(O)/C=C/C(=O)O. The van der Waals surface area contributed by atoms with Gasteiger partial charge in [-0.3, -0.25) is 4.79 Å². The van der Waals surface area contributed by atoms with Gasteiger partial charge in [0.25, 0.3) is 0 Å². The van der Waals surface area contributed by atoms with Gasteiger partial charge in [-0.15, -0.1) is 0 Å². The van der Waals surface area contributed by atoms with Gasteiger partial charge >= 0.3 is 11.9 Å². The lowest BCUT2D eigenvalue weighted by molar-refractivity contribution is -0.134. The van der Waals surface area contributed by atoms with E-state index in [4.69, 9.17) is 15.2 Å². The van der Waals surface area contributed by atoms with Crippen molar-refractivity contribution in [2.45, 2.75) is 25.7 Å². The third-order valence-corrected chi connectivity index (χ3v) is 7.06. The number of nitrogens with zero attached hydrogens (tertiary/aromatic N) is 4. The zero-order valence-electron chi connectivity index (χ0n) is 19.9. The molecule has 0 bridgehead atoms. The van der Waals surface area contributed by atoms with E-state index in [0.717, 1.165) is 79.8 Å². The minimum Gasteiger partial charge on any atom is -0.478 e. The summed E-state index contributed by atoms with van der Waals surface area (Å²) < 4.78 is 0. The number of amides is 1. The lowest BCUT2D eigenvalue weighted by atomic mass is 10.2. The van der Waals surface area contributed by atoms with E-state index in [0.29, 0.717) is 18.6 Å². The van der Waals surface area contributed by atoms with Gasteiger partial charge in [0.05, 0.1) is 5.69 Å². The van der Waals surface area contributed by atoms with E-state index >= 15 is 0 Å². The number of hydrogen-bond donors (Lipinski definition) is 2. The molecule has 0 spiro atoms. The number of fused-ring (bicyclic) bond motifs is 1. The minimum atomic E-state index is -1.26. The first-order valence-corrected chi connectivity index (χ1v) is 12.6. The van der Waals surface area contributed by atoms with Crippen LogP contribution in [0.25, 0.3) is 10.6 Å². The van der Waals surface area contributed by atoms with Crippen LogP contribution in [-0.4, -0.2) is 89.2 Å². The maximum atomic E-state index is 13.0. The third-order valence-electron chi connectivity index (χ3n) is 5.90. The van der Waals surface area contributed by atoms with Crippen LogP contribution in [0.3, 0.4) is 0 Å². The molecule has 188 valence electrons. The van der Waals surface area contributed by atoms with Crippen molar-refractivity contribution in [2.75, 3.05) is 51.2 Å². The Morgan fingerprint density at radius 2 is 1.63 bits per heavy atom. The molecule has 2 aromatic rings. The monoisotopic (exact) mass is 500 g/mol. The lowest BCUT2D eigenvalue weighted by Gasteiger charge is -2.32. The second-order valence-corrected chi connectivity index (χ2v) is 9.52. The summed E-state index contributed by atoms with van der Waals surface area (Å²) >= 11 is 1.67. The molecule has 0 unspecified atom stereocenters. The molecular formula is C25H32N4O5S. The van der Waals surface area contributed by atoms with Crippen LogP contribution >= 0.6 is 11.3 Å². The topological polar surface area (TPSA) is 114 Å². The molecule has 1 fully saturated rings. The predicted molar refractivity (Wildman–Crippen MR) is 136 cm³/mol. The molecule has 10 heteroatoms. The van der Waals surface area contributed by atoms with E-state index in [2.05, 4.69) is 29.0 Å². The molecule has 0 aliphatic carbocycles. The highest BCUT2D eigenvalue weighted by molar-refractivity contribution is 7.19. The van der Waals surface area contributed by atoms with Gasteiger partial charge in [0.2, 0.25) is 5.91 Å². The van der Waals surface area contributed by atoms with Crippen LogP contribution in [-0.2, 0) is 20.8 Å². The van der Waals surface area contributed by atoms with Gasteiger partial charge in [-0.05, 0) is 26.3 Å². The molecule has 3 heterocycles. The summed E-state index contributed by atoms with van der Waals surface area (Å²) in [5, 5.41) is 17.7. The second-order valence-electron chi connectivity index (χ2n) is 8.54. The lowest BCUT2D eigenvalue weighted by Crippen LogP contribution is -2.45. The molecule has 0 atom stereocenters. The molecule has 4 rings (SSSR count). The van der Waals surface area contributed by atoms with Crippen LogP contribution < -0.4 is 4.90 Å². The quantitative estimate of drug-likeness (QED) is 0.582. The number of likely N-dealkylation sites (N-methyl/N-ethyl adjacent to an activating group) is 1. The van der Waals surface area contributed by atoms with Gasteiger partial charge in [0.1, 0.15) is 10.0 Å². The van der Waals surface area contributed by atoms with Gasteiger partial charge in [-0.2, -0.15) is 0 Å². The van der Waals surface area contributed by atoms with Crippen molar-refractivity contribution in [3.05, 3.63) is 48.2 Å². The zero-order valence-corrected chi connectivity index (χ0v) is 20.7. The van der Waals surface area contributed by atoms with E-state index in [1.165, 1.54) is 0 Å². The molecule has 1 amide bonds. The molecule has 0 radical (unpaired) electrons. The molecule has 2 aliphatic heterocycles. The standard InChI is InChI=1S/C21H28N4OS.C4H4O4/c1-23-13-15-24(16-14-23)12-10-19(26)25-11-6-5-9-18-21(25)27-20(22-18)17-7-3-2-4-8-17;5-3(6)1-2-4(7)8/h2-4,7-8H,5-6,9-16H2,1H3;1-2H,(H,5,6)(H,7,8)/b;2-1+. The van der Waals surface area contributed by atoms with Crippen molar-refractivity contribution in [3.8, 4) is 10.6 Å². The van der Waals surface area contributed by atoms with E-state index < -0.39 is 11.9 Å². The molecule has 1 aromatic carbocycles. The van der Waals surface area contributed by atoms with Crippen LogP contribution in [0.5, 0.6) is 0 Å². The average Bonchev–Trinajstić information content (AvgIpc) is 3.17. The number of piperazine rings is 1. The van der Waals surface area contributed by atoms with Gasteiger partial charge in [0, 0.05) is 63.4 Å². The number of carbonyl (C=O) groups is 3. The highest BCUT2D eigenvalue weighted by Gasteiger charge is 2.26. The summed E-state index contributed by atoms with van der Waals surface area (Å²) in [6.45, 7) is 6.00. The number of carboxylic acid groups (broad SMARTS) is 2. The van der Waals surface area contributed by atoms with E-state index in [1.807, 2.05) is 23.1 Å². The Morgan fingerprint density at radius 3 is 2.26 bits per heavy atom. The Kier molecular flexibility index (Phi) is 9.95. The number of hydrogen-bond acceptors (Lipinski definition) is 7. The van der Waals surface area contributed by atoms with Crippen LogP contribution in [0, 0.1) is 0 Å². The van der Waals surface area contributed by atoms with Crippen molar-refractivity contribution in [2.24, 2.45) is 0 Å². The number of carbonyl (C=O) groups excluding carboxylic acids is 1. The zero-order chi connectivity index (χ0) is 25.2. The van der Waals surface area contributed by atoms with Gasteiger partial charge < -0.3 is 24.9 Å². The highest BCUT2D eigenvalue weighted by atomic mass is 32.1. The average molecular weight is 501 g/mol. The number of carboxylic acids is 2. The van der Waals surface area contributed by atoms with Crippen LogP contribution in [0.4, 0.5) is 5.00 Å². The molecule has 2 N–H and O–H groups in total. The predicted octanol–water partition coefficient (Wildman–Crippen LogP) is 2.83. The smallest absolute Gasteiger partial charge is 0.328 e. The summed E-state index contributed by atoms with van der Waals surface area (Å²) in [7, 11) is 2.16. The largest absolute Gasteiger partial charge is 0.478 e. The molecule has 0 saturated carbocycles. The van der Waals surface area contributed by atoms with Crippen LogP contribution in [0.1, 0.15) is 25.0 Å².